The minimum atomic E-state index is -0.273. The van der Waals surface area contributed by atoms with E-state index in [1.807, 2.05) is 17.2 Å². The number of hydrogen-bond acceptors (Lipinski definition) is 7. The molecule has 1 saturated heterocycles. The van der Waals surface area contributed by atoms with Gasteiger partial charge in [-0.2, -0.15) is 4.98 Å². The number of allylic oxidation sites excluding steroid dienone is 1. The number of rotatable bonds is 6. The molecule has 3 aliphatic heterocycles. The van der Waals surface area contributed by atoms with Gasteiger partial charge in [0.25, 0.3) is 0 Å². The molecule has 168 valence electrons. The molecule has 0 aliphatic carbocycles. The van der Waals surface area contributed by atoms with Gasteiger partial charge in [-0.25, -0.2) is 9.98 Å². The predicted molar refractivity (Wildman–Crippen MR) is 128 cm³/mol. The molecule has 0 amide bonds. The topological polar surface area (TPSA) is 76.1 Å². The molecule has 0 radical (unpaired) electrons. The van der Waals surface area contributed by atoms with E-state index in [1.165, 1.54) is 0 Å². The van der Waals surface area contributed by atoms with Crippen molar-refractivity contribution < 1.29 is 9.26 Å². The normalized spacial score (nSPS) is 24.2. The summed E-state index contributed by atoms with van der Waals surface area (Å²) in [6, 6.07) is 8.33. The van der Waals surface area contributed by atoms with Gasteiger partial charge >= 0.3 is 0 Å². The molecule has 0 spiro atoms. The summed E-state index contributed by atoms with van der Waals surface area (Å²) >= 11 is 0. The molecule has 1 aromatic carbocycles. The number of benzene rings is 1. The van der Waals surface area contributed by atoms with Crippen LogP contribution in [0.3, 0.4) is 0 Å². The molecule has 7 nitrogen and oxygen atoms in total. The van der Waals surface area contributed by atoms with Crippen LogP contribution in [0.2, 0.25) is 0 Å². The minimum Gasteiger partial charge on any atom is -0.372 e. The maximum atomic E-state index is 6.21. The molecule has 33 heavy (non-hydrogen) atoms. The van der Waals surface area contributed by atoms with Gasteiger partial charge in [-0.3, -0.25) is 0 Å². The predicted octanol–water partition coefficient (Wildman–Crippen LogP) is 5.11. The summed E-state index contributed by atoms with van der Waals surface area (Å²) in [5.74, 6) is 1.96. The second-order valence-corrected chi connectivity index (χ2v) is 8.57. The molecule has 0 N–H and O–H groups in total. The third-order valence-corrected chi connectivity index (χ3v) is 6.67. The van der Waals surface area contributed by atoms with Crippen LogP contribution in [0.1, 0.15) is 61.6 Å². The van der Waals surface area contributed by atoms with E-state index in [4.69, 9.17) is 14.2 Å². The van der Waals surface area contributed by atoms with Crippen LogP contribution in [0, 0.1) is 0 Å². The Kier molecular flexibility index (Phi) is 5.67. The third-order valence-electron chi connectivity index (χ3n) is 6.67. The molecule has 0 unspecified atom stereocenters. The van der Waals surface area contributed by atoms with Crippen LogP contribution < -0.4 is 0 Å². The van der Waals surface area contributed by atoms with E-state index in [0.717, 1.165) is 53.9 Å². The molecule has 4 heterocycles. The lowest BCUT2D eigenvalue weighted by atomic mass is 9.81. The minimum absolute atomic E-state index is 0.00695. The number of aromatic nitrogens is 2. The average molecular weight is 442 g/mol. The molecule has 0 bridgehead atoms. The fourth-order valence-corrected chi connectivity index (χ4v) is 4.60. The van der Waals surface area contributed by atoms with E-state index in [1.54, 1.807) is 6.34 Å². The van der Waals surface area contributed by atoms with E-state index in [9.17, 15) is 0 Å². The van der Waals surface area contributed by atoms with Crippen molar-refractivity contribution >= 4 is 18.6 Å². The van der Waals surface area contributed by atoms with Crippen LogP contribution in [0.15, 0.2) is 74.8 Å². The lowest BCUT2D eigenvalue weighted by Crippen LogP contribution is -2.28. The largest absolute Gasteiger partial charge is 0.372 e. The van der Waals surface area contributed by atoms with Crippen molar-refractivity contribution in [2.45, 2.75) is 50.7 Å². The highest BCUT2D eigenvalue weighted by atomic mass is 16.5. The van der Waals surface area contributed by atoms with Crippen LogP contribution in [0.4, 0.5) is 0 Å². The van der Waals surface area contributed by atoms with E-state index in [-0.39, 0.29) is 11.5 Å². The summed E-state index contributed by atoms with van der Waals surface area (Å²) in [6.45, 7) is 10.8. The molecule has 0 saturated carbocycles. The highest BCUT2D eigenvalue weighted by molar-refractivity contribution is 5.70. The molecule has 5 rings (SSSR count). The number of aliphatic imine (C=N–C) groups is 2. The number of nitrogens with zero attached hydrogens (tertiary/aromatic N) is 5. The van der Waals surface area contributed by atoms with E-state index in [2.05, 4.69) is 65.2 Å². The fraction of sp³-hybridized carbons (Fsp3) is 0.346. The Morgan fingerprint density at radius 1 is 1.27 bits per heavy atom. The maximum Gasteiger partial charge on any atom is 0.246 e. The smallest absolute Gasteiger partial charge is 0.246 e. The van der Waals surface area contributed by atoms with Gasteiger partial charge in [0.1, 0.15) is 6.54 Å². The van der Waals surface area contributed by atoms with Crippen molar-refractivity contribution in [2.75, 3.05) is 6.61 Å². The second kappa shape index (κ2) is 8.77. The van der Waals surface area contributed by atoms with Crippen molar-refractivity contribution in [2.24, 2.45) is 9.98 Å². The first-order chi connectivity index (χ1) is 16.2. The Labute approximate surface area is 193 Å². The van der Waals surface area contributed by atoms with Crippen molar-refractivity contribution in [3.05, 3.63) is 83.1 Å². The zero-order valence-electron chi connectivity index (χ0n) is 18.8. The second-order valence-electron chi connectivity index (χ2n) is 8.57. The molecular formula is C26H27N5O2. The average Bonchev–Trinajstić information content (AvgIpc) is 3.52. The maximum absolute atomic E-state index is 6.21. The lowest BCUT2D eigenvalue weighted by molar-refractivity contribution is 0.103. The monoisotopic (exact) mass is 441 g/mol. The first-order valence-corrected chi connectivity index (χ1v) is 11.3. The van der Waals surface area contributed by atoms with Gasteiger partial charge in [0.2, 0.25) is 5.89 Å². The summed E-state index contributed by atoms with van der Waals surface area (Å²) in [7, 11) is 0. The van der Waals surface area contributed by atoms with E-state index in [0.29, 0.717) is 24.9 Å². The Morgan fingerprint density at radius 2 is 2.12 bits per heavy atom. The van der Waals surface area contributed by atoms with Gasteiger partial charge in [-0.1, -0.05) is 55.6 Å². The van der Waals surface area contributed by atoms with Crippen LogP contribution >= 0.6 is 0 Å². The molecule has 7 heteroatoms. The lowest BCUT2D eigenvalue weighted by Gasteiger charge is -2.26. The molecule has 2 atom stereocenters. The van der Waals surface area contributed by atoms with Crippen LogP contribution in [0.25, 0.3) is 6.08 Å². The molecule has 1 fully saturated rings. The summed E-state index contributed by atoms with van der Waals surface area (Å²) in [6.07, 6.45) is 8.90. The van der Waals surface area contributed by atoms with Crippen LogP contribution in [-0.2, 0) is 16.7 Å². The summed E-state index contributed by atoms with van der Waals surface area (Å²) in [5, 5.41) is 4.36. The van der Waals surface area contributed by atoms with Crippen molar-refractivity contribution in [3.63, 3.8) is 0 Å². The van der Waals surface area contributed by atoms with E-state index < -0.39 is 0 Å². The quantitative estimate of drug-likeness (QED) is 0.582. The Morgan fingerprint density at radius 3 is 2.88 bits per heavy atom. The molecule has 2 aromatic rings. The number of ether oxygens (including phenoxy) is 1. The van der Waals surface area contributed by atoms with Gasteiger partial charge in [-0.15, -0.1) is 5.73 Å². The first-order valence-electron chi connectivity index (χ1n) is 11.3. The Bertz CT molecular complexity index is 1200. The third kappa shape index (κ3) is 3.90. The molecular weight excluding hydrogens is 414 g/mol. The van der Waals surface area contributed by atoms with Crippen LogP contribution in [-0.4, -0.2) is 34.2 Å². The standard InChI is InChI=1S/C26H27N5O2/c1-4-18-9-11-19(12-10-18)22-14-26(6-3,16-32-22)25-29-23(33-30-25)15-31-17-28-24-20(21(31)5-2)8-7-13-27-24/h4,9-13,17,22H,1-2,6-8,14-16H2,3H3/t22-,26+/m1/s1. The molecule has 3 aliphatic rings. The van der Waals surface area contributed by atoms with Gasteiger partial charge in [0.05, 0.1) is 30.2 Å². The van der Waals surface area contributed by atoms with Crippen molar-refractivity contribution in [1.29, 1.82) is 0 Å². The summed E-state index contributed by atoms with van der Waals surface area (Å²) < 4.78 is 11.9. The van der Waals surface area contributed by atoms with Crippen molar-refractivity contribution in [1.82, 2.24) is 15.0 Å². The SMILES string of the molecule is C=C=C1C2=C(N=CCC2)N=CN1Cc1nc([C@]2(CC)CO[C@@H](c3ccc(C=C)cc3)C2)no1. The highest BCUT2D eigenvalue weighted by Crippen LogP contribution is 2.44. The van der Waals surface area contributed by atoms with Gasteiger partial charge in [0.15, 0.2) is 11.6 Å². The zero-order valence-corrected chi connectivity index (χ0v) is 18.8. The summed E-state index contributed by atoms with van der Waals surface area (Å²) in [4.78, 5) is 15.6. The van der Waals surface area contributed by atoms with Crippen molar-refractivity contribution in [3.8, 4) is 0 Å². The van der Waals surface area contributed by atoms with Gasteiger partial charge in [-0.05, 0) is 36.8 Å². The molecule has 1 aromatic heterocycles. The van der Waals surface area contributed by atoms with Crippen LogP contribution in [0.5, 0.6) is 0 Å². The van der Waals surface area contributed by atoms with Gasteiger partial charge < -0.3 is 14.2 Å². The fourth-order valence-electron chi connectivity index (χ4n) is 4.60. The Hall–Kier alpha value is -3.54. The highest BCUT2D eigenvalue weighted by Gasteiger charge is 2.44. The number of hydrogen-bond donors (Lipinski definition) is 0. The van der Waals surface area contributed by atoms with E-state index >= 15 is 0 Å². The first kappa shape index (κ1) is 21.3. The Balaban J connectivity index is 1.33. The zero-order chi connectivity index (χ0) is 22.8. The summed E-state index contributed by atoms with van der Waals surface area (Å²) in [5.41, 5.74) is 6.94. The van der Waals surface area contributed by atoms with Gasteiger partial charge in [0, 0.05) is 11.8 Å².